The number of aryl methyl sites for hydroxylation is 2. The van der Waals surface area contributed by atoms with E-state index in [9.17, 15) is 4.79 Å². The third kappa shape index (κ3) is 1.96. The molecule has 3 nitrogen and oxygen atoms in total. The molecule has 24 heavy (non-hydrogen) atoms. The molecule has 0 unspecified atom stereocenters. The Bertz CT molecular complexity index is 1090. The molecule has 0 amide bonds. The molecule has 118 valence electrons. The van der Waals surface area contributed by atoms with Gasteiger partial charge in [-0.25, -0.2) is 4.98 Å². The molecule has 2 heterocycles. The highest BCUT2D eigenvalue weighted by molar-refractivity contribution is 7.17. The van der Waals surface area contributed by atoms with Gasteiger partial charge in [0.15, 0.2) is 11.2 Å². The number of aldehydes is 1. The first-order valence-electron chi connectivity index (χ1n) is 8.32. The summed E-state index contributed by atoms with van der Waals surface area (Å²) in [6.07, 6.45) is 5.56. The van der Waals surface area contributed by atoms with E-state index >= 15 is 0 Å². The zero-order valence-electron chi connectivity index (χ0n) is 13.2. The minimum absolute atomic E-state index is 0.694. The molecule has 4 heteroatoms. The summed E-state index contributed by atoms with van der Waals surface area (Å²) in [5.74, 6) is 0. The van der Waals surface area contributed by atoms with E-state index in [1.807, 2.05) is 12.1 Å². The molecule has 1 aliphatic carbocycles. The van der Waals surface area contributed by atoms with E-state index in [2.05, 4.69) is 34.7 Å². The van der Waals surface area contributed by atoms with E-state index in [1.54, 1.807) is 11.3 Å². The normalized spacial score (nSPS) is 14.2. The van der Waals surface area contributed by atoms with Crippen LogP contribution in [0.15, 0.2) is 42.5 Å². The monoisotopic (exact) mass is 332 g/mol. The second kappa shape index (κ2) is 5.28. The number of benzene rings is 2. The third-order valence-corrected chi connectivity index (χ3v) is 6.03. The topological polar surface area (TPSA) is 34.4 Å². The van der Waals surface area contributed by atoms with Crippen molar-refractivity contribution in [2.45, 2.75) is 25.7 Å². The van der Waals surface area contributed by atoms with Crippen LogP contribution in [0.4, 0.5) is 0 Å². The molecule has 0 bridgehead atoms. The van der Waals surface area contributed by atoms with Crippen molar-refractivity contribution in [3.05, 3.63) is 58.7 Å². The SMILES string of the molecule is O=Cc1c(-c2ccc3ccccc3c2)nc2sc3c(n12)CCCC3. The Balaban J connectivity index is 1.76. The van der Waals surface area contributed by atoms with E-state index in [0.717, 1.165) is 35.3 Å². The lowest BCUT2D eigenvalue weighted by Gasteiger charge is -2.11. The Morgan fingerprint density at radius 3 is 2.75 bits per heavy atom. The fourth-order valence-electron chi connectivity index (χ4n) is 3.72. The second-order valence-electron chi connectivity index (χ2n) is 6.32. The van der Waals surface area contributed by atoms with E-state index in [1.165, 1.54) is 34.2 Å². The van der Waals surface area contributed by atoms with Crippen LogP contribution in [-0.2, 0) is 12.8 Å². The molecule has 1 aliphatic rings. The van der Waals surface area contributed by atoms with Gasteiger partial charge < -0.3 is 0 Å². The number of hydrogen-bond donors (Lipinski definition) is 0. The fourth-order valence-corrected chi connectivity index (χ4v) is 4.93. The number of carbonyl (C=O) groups is 1. The fraction of sp³-hybridized carbons (Fsp3) is 0.200. The van der Waals surface area contributed by atoms with Crippen LogP contribution in [0.1, 0.15) is 33.9 Å². The second-order valence-corrected chi connectivity index (χ2v) is 7.38. The Morgan fingerprint density at radius 1 is 1.04 bits per heavy atom. The number of hydrogen-bond acceptors (Lipinski definition) is 3. The van der Waals surface area contributed by atoms with Crippen LogP contribution in [0.5, 0.6) is 0 Å². The number of thiazole rings is 1. The van der Waals surface area contributed by atoms with E-state index in [4.69, 9.17) is 4.98 Å². The summed E-state index contributed by atoms with van der Waals surface area (Å²) in [6.45, 7) is 0. The minimum atomic E-state index is 0.694. The molecule has 0 spiro atoms. The summed E-state index contributed by atoms with van der Waals surface area (Å²) >= 11 is 1.74. The average Bonchev–Trinajstić information content (AvgIpc) is 3.17. The molecule has 5 rings (SSSR count). The molecular formula is C20H16N2OS. The average molecular weight is 332 g/mol. The highest BCUT2D eigenvalue weighted by atomic mass is 32.1. The number of aromatic nitrogens is 2. The highest BCUT2D eigenvalue weighted by Gasteiger charge is 2.22. The van der Waals surface area contributed by atoms with E-state index < -0.39 is 0 Å². The van der Waals surface area contributed by atoms with Gasteiger partial charge >= 0.3 is 0 Å². The van der Waals surface area contributed by atoms with Gasteiger partial charge in [0.05, 0.1) is 0 Å². The van der Waals surface area contributed by atoms with Gasteiger partial charge in [0.2, 0.25) is 0 Å². The van der Waals surface area contributed by atoms with Gasteiger partial charge in [0.25, 0.3) is 0 Å². The largest absolute Gasteiger partial charge is 0.296 e. The zero-order valence-corrected chi connectivity index (χ0v) is 14.0. The van der Waals surface area contributed by atoms with Gasteiger partial charge in [-0.1, -0.05) is 36.4 Å². The van der Waals surface area contributed by atoms with Crippen molar-refractivity contribution in [2.24, 2.45) is 0 Å². The summed E-state index contributed by atoms with van der Waals surface area (Å²) in [6, 6.07) is 14.6. The van der Waals surface area contributed by atoms with Crippen LogP contribution in [0.3, 0.4) is 0 Å². The van der Waals surface area contributed by atoms with Crippen LogP contribution in [-0.4, -0.2) is 15.7 Å². The number of nitrogens with zero attached hydrogens (tertiary/aromatic N) is 2. The standard InChI is InChI=1S/C20H16N2OS/c23-12-17-19(15-10-9-13-5-1-2-6-14(13)11-15)21-20-22(17)16-7-3-4-8-18(16)24-20/h1-2,5-6,9-12H,3-4,7-8H2. The van der Waals surface area contributed by atoms with Crippen LogP contribution < -0.4 is 0 Å². The summed E-state index contributed by atoms with van der Waals surface area (Å²) in [4.78, 5) is 19.0. The predicted molar refractivity (Wildman–Crippen MR) is 98.0 cm³/mol. The van der Waals surface area contributed by atoms with E-state index in [0.29, 0.717) is 5.69 Å². The Labute approximate surface area is 143 Å². The number of rotatable bonds is 2. The van der Waals surface area contributed by atoms with Gasteiger partial charge in [0.1, 0.15) is 11.4 Å². The number of imidazole rings is 1. The van der Waals surface area contributed by atoms with Crippen LogP contribution in [0.2, 0.25) is 0 Å². The first-order chi connectivity index (χ1) is 11.8. The maximum absolute atomic E-state index is 11.9. The molecule has 0 saturated carbocycles. The molecular weight excluding hydrogens is 316 g/mol. The summed E-state index contributed by atoms with van der Waals surface area (Å²) in [5, 5.41) is 2.37. The van der Waals surface area contributed by atoms with E-state index in [-0.39, 0.29) is 0 Å². The number of fused-ring (bicyclic) bond motifs is 4. The van der Waals surface area contributed by atoms with Crippen molar-refractivity contribution >= 4 is 33.4 Å². The van der Waals surface area contributed by atoms with Gasteiger partial charge in [-0.15, -0.1) is 11.3 Å². The molecule has 0 saturated heterocycles. The smallest absolute Gasteiger partial charge is 0.195 e. The number of carbonyl (C=O) groups excluding carboxylic acids is 1. The van der Waals surface area contributed by atoms with Gasteiger partial charge in [-0.05, 0) is 42.5 Å². The van der Waals surface area contributed by atoms with Crippen molar-refractivity contribution in [1.29, 1.82) is 0 Å². The van der Waals surface area contributed by atoms with Crippen LogP contribution in [0, 0.1) is 0 Å². The first kappa shape index (κ1) is 13.9. The van der Waals surface area contributed by atoms with Crippen molar-refractivity contribution in [3.8, 4) is 11.3 Å². The van der Waals surface area contributed by atoms with Crippen molar-refractivity contribution < 1.29 is 4.79 Å². The van der Waals surface area contributed by atoms with Crippen molar-refractivity contribution in [3.63, 3.8) is 0 Å². The molecule has 4 aromatic rings. The van der Waals surface area contributed by atoms with Gasteiger partial charge in [-0.2, -0.15) is 0 Å². The Morgan fingerprint density at radius 2 is 1.88 bits per heavy atom. The zero-order chi connectivity index (χ0) is 16.1. The Kier molecular flexibility index (Phi) is 3.06. The molecule has 2 aromatic carbocycles. The van der Waals surface area contributed by atoms with Crippen molar-refractivity contribution in [1.82, 2.24) is 9.38 Å². The predicted octanol–water partition coefficient (Wildman–Crippen LogP) is 4.91. The van der Waals surface area contributed by atoms with Gasteiger partial charge in [0, 0.05) is 16.1 Å². The third-order valence-electron chi connectivity index (χ3n) is 4.89. The van der Waals surface area contributed by atoms with Gasteiger partial charge in [-0.3, -0.25) is 9.20 Å². The lowest BCUT2D eigenvalue weighted by Crippen LogP contribution is -2.04. The lowest BCUT2D eigenvalue weighted by atomic mass is 10.0. The van der Waals surface area contributed by atoms with Crippen molar-refractivity contribution in [2.75, 3.05) is 0 Å². The molecule has 0 fully saturated rings. The maximum atomic E-state index is 11.9. The molecule has 2 aromatic heterocycles. The minimum Gasteiger partial charge on any atom is -0.296 e. The quantitative estimate of drug-likeness (QED) is 0.489. The Hall–Kier alpha value is -2.46. The summed E-state index contributed by atoms with van der Waals surface area (Å²) < 4.78 is 2.09. The van der Waals surface area contributed by atoms with Crippen LogP contribution in [0.25, 0.3) is 27.0 Å². The molecule has 0 radical (unpaired) electrons. The highest BCUT2D eigenvalue weighted by Crippen LogP contribution is 2.35. The molecule has 0 atom stereocenters. The molecule has 0 N–H and O–H groups in total. The molecule has 0 aliphatic heterocycles. The summed E-state index contributed by atoms with van der Waals surface area (Å²) in [7, 11) is 0. The lowest BCUT2D eigenvalue weighted by molar-refractivity contribution is 0.111. The van der Waals surface area contributed by atoms with Crippen LogP contribution >= 0.6 is 11.3 Å². The maximum Gasteiger partial charge on any atom is 0.195 e. The first-order valence-corrected chi connectivity index (χ1v) is 9.14. The summed E-state index contributed by atoms with van der Waals surface area (Å²) in [5.41, 5.74) is 3.80.